The summed E-state index contributed by atoms with van der Waals surface area (Å²) in [5.74, 6) is 0.919. The third kappa shape index (κ3) is 11.4. The van der Waals surface area contributed by atoms with Gasteiger partial charge in [0.15, 0.2) is 0 Å². The van der Waals surface area contributed by atoms with Crippen LogP contribution < -0.4 is 0 Å². The molecule has 0 saturated carbocycles. The average Bonchev–Trinajstić information content (AvgIpc) is 2.99. The van der Waals surface area contributed by atoms with Crippen LogP contribution in [0.2, 0.25) is 0 Å². The highest BCUT2D eigenvalue weighted by Gasteiger charge is 1.98. The Kier molecular flexibility index (Phi) is 13.3. The monoisotopic (exact) mass is 334 g/mol. The predicted octanol–water partition coefficient (Wildman–Crippen LogP) is 6.02. The summed E-state index contributed by atoms with van der Waals surface area (Å²) in [5, 5.41) is 11.5. The number of tetrazole rings is 1. The van der Waals surface area contributed by atoms with Crippen LogP contribution in [-0.4, -0.2) is 20.2 Å². The molecule has 0 aromatic carbocycles. The molecule has 0 atom stereocenters. The van der Waals surface area contributed by atoms with Gasteiger partial charge in [-0.2, -0.15) is 0 Å². The first-order valence-corrected chi connectivity index (χ1v) is 10.2. The minimum atomic E-state index is 0.919. The average molecular weight is 335 g/mol. The molecule has 138 valence electrons. The molecule has 0 aliphatic heterocycles. The Morgan fingerprint density at radius 1 is 0.750 bits per heavy atom. The summed E-state index contributed by atoms with van der Waals surface area (Å²) >= 11 is 0. The molecule has 4 nitrogen and oxygen atoms in total. The van der Waals surface area contributed by atoms with Gasteiger partial charge in [-0.15, -0.1) is 5.10 Å². The number of unbranched alkanes of at least 4 members (excludes halogenated alkanes) is 12. The van der Waals surface area contributed by atoms with E-state index in [0.29, 0.717) is 0 Å². The van der Waals surface area contributed by atoms with Crippen molar-refractivity contribution in [3.63, 3.8) is 0 Å². The first kappa shape index (κ1) is 20.9. The van der Waals surface area contributed by atoms with Gasteiger partial charge in [-0.1, -0.05) is 76.9 Å². The zero-order valence-electron chi connectivity index (χ0n) is 16.1. The van der Waals surface area contributed by atoms with Crippen molar-refractivity contribution in [2.24, 2.45) is 0 Å². The second-order valence-corrected chi connectivity index (χ2v) is 6.89. The van der Waals surface area contributed by atoms with Crippen LogP contribution in [0.4, 0.5) is 0 Å². The molecule has 0 amide bonds. The number of hydrogen-bond donors (Lipinski definition) is 0. The van der Waals surface area contributed by atoms with Gasteiger partial charge in [0.05, 0.1) is 0 Å². The van der Waals surface area contributed by atoms with Crippen LogP contribution in [0.1, 0.15) is 103 Å². The van der Waals surface area contributed by atoms with Crippen molar-refractivity contribution in [2.45, 2.75) is 110 Å². The Balaban J connectivity index is 1.77. The standard InChI is InChI=1S/C20H38N4/c1-3-4-5-6-7-8-9-10-11-12-13-14-15-16-17-18-19-24-20(2)21-22-23-24/h10-11H,3-9,12-19H2,1-2H3/b11-10-. The highest BCUT2D eigenvalue weighted by atomic mass is 15.5. The van der Waals surface area contributed by atoms with Crippen molar-refractivity contribution in [2.75, 3.05) is 0 Å². The summed E-state index contributed by atoms with van der Waals surface area (Å²) in [4.78, 5) is 0. The topological polar surface area (TPSA) is 43.6 Å². The van der Waals surface area contributed by atoms with Gasteiger partial charge in [0.25, 0.3) is 0 Å². The van der Waals surface area contributed by atoms with Gasteiger partial charge in [-0.25, -0.2) is 4.68 Å². The lowest BCUT2D eigenvalue weighted by molar-refractivity contribution is 0.507. The summed E-state index contributed by atoms with van der Waals surface area (Å²) in [7, 11) is 0. The van der Waals surface area contributed by atoms with Crippen LogP contribution in [0.15, 0.2) is 12.2 Å². The Morgan fingerprint density at radius 2 is 1.29 bits per heavy atom. The van der Waals surface area contributed by atoms with E-state index in [0.717, 1.165) is 12.4 Å². The van der Waals surface area contributed by atoms with Crippen LogP contribution in [0.5, 0.6) is 0 Å². The Hall–Kier alpha value is -1.19. The molecule has 1 rings (SSSR count). The second kappa shape index (κ2) is 15.3. The summed E-state index contributed by atoms with van der Waals surface area (Å²) < 4.78 is 1.90. The van der Waals surface area contributed by atoms with Gasteiger partial charge < -0.3 is 0 Å². The molecule has 0 N–H and O–H groups in total. The van der Waals surface area contributed by atoms with E-state index >= 15 is 0 Å². The number of allylic oxidation sites excluding steroid dienone is 2. The minimum Gasteiger partial charge on any atom is -0.230 e. The van der Waals surface area contributed by atoms with Gasteiger partial charge in [0.1, 0.15) is 5.82 Å². The maximum atomic E-state index is 3.97. The van der Waals surface area contributed by atoms with Crippen LogP contribution in [0.25, 0.3) is 0 Å². The van der Waals surface area contributed by atoms with Crippen molar-refractivity contribution in [3.05, 3.63) is 18.0 Å². The van der Waals surface area contributed by atoms with Gasteiger partial charge in [-0.3, -0.25) is 0 Å². The number of aryl methyl sites for hydroxylation is 2. The molecule has 0 unspecified atom stereocenters. The van der Waals surface area contributed by atoms with Crippen molar-refractivity contribution in [1.82, 2.24) is 20.2 Å². The van der Waals surface area contributed by atoms with E-state index in [1.165, 1.54) is 89.9 Å². The molecular weight excluding hydrogens is 296 g/mol. The van der Waals surface area contributed by atoms with Gasteiger partial charge in [-0.05, 0) is 49.5 Å². The van der Waals surface area contributed by atoms with Crippen molar-refractivity contribution in [3.8, 4) is 0 Å². The van der Waals surface area contributed by atoms with Crippen LogP contribution in [0, 0.1) is 6.92 Å². The Bertz CT molecular complexity index is 412. The molecule has 0 aliphatic carbocycles. The molecule has 0 aliphatic rings. The smallest absolute Gasteiger partial charge is 0.148 e. The zero-order chi connectivity index (χ0) is 17.3. The van der Waals surface area contributed by atoms with E-state index in [1.807, 2.05) is 11.6 Å². The second-order valence-electron chi connectivity index (χ2n) is 6.89. The summed E-state index contributed by atoms with van der Waals surface area (Å²) in [6.07, 6.45) is 23.6. The first-order valence-electron chi connectivity index (χ1n) is 10.2. The van der Waals surface area contributed by atoms with Gasteiger partial charge >= 0.3 is 0 Å². The molecule has 0 saturated heterocycles. The number of aromatic nitrogens is 4. The lowest BCUT2D eigenvalue weighted by atomic mass is 10.1. The fraction of sp³-hybridized carbons (Fsp3) is 0.850. The number of hydrogen-bond acceptors (Lipinski definition) is 3. The number of nitrogens with zero attached hydrogens (tertiary/aromatic N) is 4. The fourth-order valence-corrected chi connectivity index (χ4v) is 2.96. The molecule has 0 fully saturated rings. The third-order valence-electron chi connectivity index (χ3n) is 4.59. The highest BCUT2D eigenvalue weighted by molar-refractivity contribution is 4.81. The minimum absolute atomic E-state index is 0.919. The molecular formula is C20H38N4. The summed E-state index contributed by atoms with van der Waals surface area (Å²) in [6.45, 7) is 5.19. The van der Waals surface area contributed by atoms with Crippen molar-refractivity contribution < 1.29 is 0 Å². The fourth-order valence-electron chi connectivity index (χ4n) is 2.96. The molecule has 1 aromatic rings. The quantitative estimate of drug-likeness (QED) is 0.274. The molecule has 0 radical (unpaired) electrons. The molecule has 1 aromatic heterocycles. The summed E-state index contributed by atoms with van der Waals surface area (Å²) in [6, 6.07) is 0. The van der Waals surface area contributed by atoms with Crippen LogP contribution in [-0.2, 0) is 6.54 Å². The molecule has 4 heteroatoms. The van der Waals surface area contributed by atoms with Crippen LogP contribution in [0.3, 0.4) is 0 Å². The SMILES string of the molecule is CCCCCCCC/C=C\CCCCCCCCn1nnnc1C. The number of rotatable bonds is 16. The maximum absolute atomic E-state index is 3.97. The largest absolute Gasteiger partial charge is 0.230 e. The van der Waals surface area contributed by atoms with E-state index in [2.05, 4.69) is 34.6 Å². The third-order valence-corrected chi connectivity index (χ3v) is 4.59. The summed E-state index contributed by atoms with van der Waals surface area (Å²) in [5.41, 5.74) is 0. The molecule has 24 heavy (non-hydrogen) atoms. The lowest BCUT2D eigenvalue weighted by Gasteiger charge is -2.02. The zero-order valence-corrected chi connectivity index (χ0v) is 16.1. The van der Waals surface area contributed by atoms with Crippen molar-refractivity contribution in [1.29, 1.82) is 0 Å². The van der Waals surface area contributed by atoms with Gasteiger partial charge in [0.2, 0.25) is 0 Å². The maximum Gasteiger partial charge on any atom is 0.148 e. The predicted molar refractivity (Wildman–Crippen MR) is 102 cm³/mol. The van der Waals surface area contributed by atoms with E-state index in [9.17, 15) is 0 Å². The normalized spacial score (nSPS) is 11.6. The first-order chi connectivity index (χ1) is 11.8. The van der Waals surface area contributed by atoms with E-state index < -0.39 is 0 Å². The van der Waals surface area contributed by atoms with Crippen LogP contribution >= 0.6 is 0 Å². The molecule has 1 heterocycles. The highest BCUT2D eigenvalue weighted by Crippen LogP contribution is 2.10. The van der Waals surface area contributed by atoms with Crippen molar-refractivity contribution >= 4 is 0 Å². The Labute approximate surface area is 149 Å². The molecule has 0 bridgehead atoms. The van der Waals surface area contributed by atoms with E-state index in [4.69, 9.17) is 0 Å². The van der Waals surface area contributed by atoms with Gasteiger partial charge in [0, 0.05) is 6.54 Å². The molecule has 0 spiro atoms. The van der Waals surface area contributed by atoms with E-state index in [-0.39, 0.29) is 0 Å². The van der Waals surface area contributed by atoms with E-state index in [1.54, 1.807) is 0 Å². The Morgan fingerprint density at radius 3 is 1.83 bits per heavy atom. The lowest BCUT2D eigenvalue weighted by Crippen LogP contribution is -2.02.